The number of piperidine rings is 1. The summed E-state index contributed by atoms with van der Waals surface area (Å²) < 4.78 is 6.35. The highest BCUT2D eigenvalue weighted by Gasteiger charge is 2.42. The van der Waals surface area contributed by atoms with Crippen molar-refractivity contribution in [3.8, 4) is 5.75 Å². The van der Waals surface area contributed by atoms with Crippen molar-refractivity contribution >= 4 is 23.1 Å². The van der Waals surface area contributed by atoms with Crippen molar-refractivity contribution in [3.63, 3.8) is 0 Å². The van der Waals surface area contributed by atoms with E-state index in [1.807, 2.05) is 6.07 Å². The van der Waals surface area contributed by atoms with Crippen molar-refractivity contribution in [1.82, 2.24) is 10.2 Å². The molecule has 8 heteroatoms. The zero-order valence-electron chi connectivity index (χ0n) is 20.7. The van der Waals surface area contributed by atoms with Crippen LogP contribution in [0.15, 0.2) is 66.7 Å². The van der Waals surface area contributed by atoms with Crippen molar-refractivity contribution in [2.45, 2.75) is 31.1 Å². The number of likely N-dealkylation sites (tertiary alicyclic amines) is 1. The Balaban J connectivity index is 1.36. The number of aliphatic hydroxyl groups excluding tert-OH is 1. The topological polar surface area (TPSA) is 129 Å². The van der Waals surface area contributed by atoms with Crippen molar-refractivity contribution in [3.05, 3.63) is 94.5 Å². The minimum atomic E-state index is -1.17. The lowest BCUT2D eigenvalue weighted by atomic mass is 9.82. The van der Waals surface area contributed by atoms with Crippen LogP contribution in [-0.4, -0.2) is 53.1 Å². The minimum Gasteiger partial charge on any atom is -0.486 e. The van der Waals surface area contributed by atoms with E-state index in [4.69, 9.17) is 15.9 Å². The van der Waals surface area contributed by atoms with Gasteiger partial charge in [0.1, 0.15) is 11.4 Å². The fourth-order valence-corrected chi connectivity index (χ4v) is 4.95. The lowest BCUT2D eigenvalue weighted by Crippen LogP contribution is -2.50. The highest BCUT2D eigenvalue weighted by Crippen LogP contribution is 2.39. The Kier molecular flexibility index (Phi) is 6.54. The monoisotopic (exact) mass is 498 g/mol. The van der Waals surface area contributed by atoms with Gasteiger partial charge in [-0.2, -0.15) is 0 Å². The Morgan fingerprint density at radius 2 is 1.78 bits per heavy atom. The van der Waals surface area contributed by atoms with Crippen LogP contribution in [0.5, 0.6) is 5.75 Å². The van der Waals surface area contributed by atoms with Gasteiger partial charge >= 0.3 is 0 Å². The molecule has 0 bridgehead atoms. The fraction of sp³-hybridized carbons (Fsp3) is 0.276. The number of Topliss-reactive ketones (excluding diaryl/α,β-unsaturated/α-hetero) is 1. The van der Waals surface area contributed by atoms with Gasteiger partial charge in [-0.1, -0.05) is 30.3 Å². The molecule has 0 saturated carbocycles. The molecule has 37 heavy (non-hydrogen) atoms. The number of rotatable bonds is 5. The Bertz CT molecular complexity index is 1360. The van der Waals surface area contributed by atoms with Gasteiger partial charge in [0.25, 0.3) is 5.91 Å². The second kappa shape index (κ2) is 9.80. The van der Waals surface area contributed by atoms with E-state index in [0.29, 0.717) is 40.1 Å². The van der Waals surface area contributed by atoms with Crippen molar-refractivity contribution in [2.24, 2.45) is 0 Å². The third-order valence-electron chi connectivity index (χ3n) is 7.24. The number of hydrogen-bond acceptors (Lipinski definition) is 7. The van der Waals surface area contributed by atoms with Crippen LogP contribution in [0.3, 0.4) is 0 Å². The molecule has 1 atom stereocenters. The number of ether oxygens (including phenoxy) is 1. The third-order valence-corrected chi connectivity index (χ3v) is 7.24. The SMILES string of the molecule is CN1CCC2(CC1)CC(=O)c1cc(C(=N)c3cc(C(=O)NC(O)c4ccccc4)ccc3N)ccc1O2. The number of carbonyl (C=O) groups is 2. The molecule has 190 valence electrons. The predicted octanol–water partition coefficient (Wildman–Crippen LogP) is 3.54. The molecule has 0 aromatic heterocycles. The van der Waals surface area contributed by atoms with Crippen LogP contribution in [0.1, 0.15) is 62.9 Å². The first-order valence-electron chi connectivity index (χ1n) is 12.3. The number of anilines is 1. The quantitative estimate of drug-likeness (QED) is 0.242. The van der Waals surface area contributed by atoms with Gasteiger partial charge in [-0.05, 0) is 43.4 Å². The molecule has 2 aliphatic heterocycles. The summed E-state index contributed by atoms with van der Waals surface area (Å²) in [6.45, 7) is 1.77. The number of hydrogen-bond donors (Lipinski definition) is 4. The number of nitrogens with zero attached hydrogens (tertiary/aromatic N) is 1. The summed E-state index contributed by atoms with van der Waals surface area (Å²) in [4.78, 5) is 28.2. The van der Waals surface area contributed by atoms with Gasteiger partial charge in [-0.15, -0.1) is 0 Å². The summed E-state index contributed by atoms with van der Waals surface area (Å²) in [6, 6.07) is 18.6. The molecule has 2 heterocycles. The highest BCUT2D eigenvalue weighted by atomic mass is 16.5. The molecule has 5 N–H and O–H groups in total. The summed E-state index contributed by atoms with van der Waals surface area (Å²) in [6.07, 6.45) is 0.757. The van der Waals surface area contributed by atoms with Crippen LogP contribution in [0.25, 0.3) is 0 Å². The van der Waals surface area contributed by atoms with Gasteiger partial charge in [0.2, 0.25) is 0 Å². The van der Waals surface area contributed by atoms with E-state index in [0.717, 1.165) is 25.9 Å². The van der Waals surface area contributed by atoms with Crippen molar-refractivity contribution in [1.29, 1.82) is 5.41 Å². The lowest BCUT2D eigenvalue weighted by molar-refractivity contribution is -0.00368. The number of nitrogens with one attached hydrogen (secondary N) is 2. The summed E-state index contributed by atoms with van der Waals surface area (Å²) in [5, 5.41) is 21.7. The van der Waals surface area contributed by atoms with Crippen molar-refractivity contribution < 1.29 is 19.4 Å². The summed E-state index contributed by atoms with van der Waals surface area (Å²) in [5.41, 5.74) is 8.27. The van der Waals surface area contributed by atoms with Gasteiger partial charge in [0, 0.05) is 53.9 Å². The van der Waals surface area contributed by atoms with Gasteiger partial charge in [0.05, 0.1) is 17.7 Å². The summed E-state index contributed by atoms with van der Waals surface area (Å²) in [5.74, 6) is 0.0626. The number of benzene rings is 3. The van der Waals surface area contributed by atoms with E-state index in [9.17, 15) is 14.7 Å². The second-order valence-corrected chi connectivity index (χ2v) is 9.86. The van der Waals surface area contributed by atoms with Crippen LogP contribution in [0, 0.1) is 5.41 Å². The number of nitrogens with two attached hydrogens (primary N) is 1. The molecule has 2 aliphatic rings. The zero-order valence-corrected chi connectivity index (χ0v) is 20.7. The second-order valence-electron chi connectivity index (χ2n) is 9.86. The Morgan fingerprint density at radius 1 is 1.08 bits per heavy atom. The molecule has 1 amide bonds. The first-order chi connectivity index (χ1) is 17.7. The van der Waals surface area contributed by atoms with E-state index < -0.39 is 17.7 Å². The van der Waals surface area contributed by atoms with Crippen LogP contribution < -0.4 is 15.8 Å². The smallest absolute Gasteiger partial charge is 0.253 e. The first-order valence-corrected chi connectivity index (χ1v) is 12.3. The van der Waals surface area contributed by atoms with Crippen molar-refractivity contribution in [2.75, 3.05) is 25.9 Å². The van der Waals surface area contributed by atoms with Gasteiger partial charge in [-0.25, -0.2) is 0 Å². The number of aliphatic hydroxyl groups is 1. The third kappa shape index (κ3) is 4.98. The average molecular weight is 499 g/mol. The molecule has 8 nitrogen and oxygen atoms in total. The van der Waals surface area contributed by atoms with Gasteiger partial charge < -0.3 is 25.8 Å². The number of carbonyl (C=O) groups excluding carboxylic acids is 2. The predicted molar refractivity (Wildman–Crippen MR) is 141 cm³/mol. The van der Waals surface area contributed by atoms with Crippen LogP contribution in [0.4, 0.5) is 5.69 Å². The fourth-order valence-electron chi connectivity index (χ4n) is 4.95. The Hall–Kier alpha value is -4.01. The first kappa shape index (κ1) is 24.7. The molecule has 1 saturated heterocycles. The standard InChI is InChI=1S/C29H30N4O4/c1-33-13-11-29(12-14-33)17-24(34)22-15-19(8-10-25(22)37-29)26(31)21-16-20(7-9-23(21)30)28(36)32-27(35)18-5-3-2-4-6-18/h2-10,15-16,27,31,35H,11-14,17,30H2,1H3,(H,32,36). The molecule has 3 aromatic carbocycles. The van der Waals surface area contributed by atoms with E-state index in [2.05, 4.69) is 17.3 Å². The molecule has 3 aromatic rings. The average Bonchev–Trinajstić information content (AvgIpc) is 2.90. The maximum Gasteiger partial charge on any atom is 0.253 e. The number of fused-ring (bicyclic) bond motifs is 1. The summed E-state index contributed by atoms with van der Waals surface area (Å²) >= 11 is 0. The zero-order chi connectivity index (χ0) is 26.2. The molecule has 1 unspecified atom stereocenters. The van der Waals surface area contributed by atoms with E-state index in [1.54, 1.807) is 54.6 Å². The van der Waals surface area contributed by atoms with Gasteiger partial charge in [-0.3, -0.25) is 15.0 Å². The number of nitrogen functional groups attached to an aromatic ring is 1. The maximum absolute atomic E-state index is 13.1. The number of ketones is 1. The van der Waals surface area contributed by atoms with Crippen LogP contribution in [0.2, 0.25) is 0 Å². The van der Waals surface area contributed by atoms with E-state index in [-0.39, 0.29) is 17.1 Å². The molecular formula is C29H30N4O4. The highest BCUT2D eigenvalue weighted by molar-refractivity contribution is 6.16. The normalized spacial score (nSPS) is 17.5. The molecule has 0 aliphatic carbocycles. The van der Waals surface area contributed by atoms with Crippen LogP contribution in [-0.2, 0) is 0 Å². The van der Waals surface area contributed by atoms with Crippen LogP contribution >= 0.6 is 0 Å². The molecule has 1 fully saturated rings. The van der Waals surface area contributed by atoms with E-state index in [1.165, 1.54) is 6.07 Å². The Morgan fingerprint density at radius 3 is 2.51 bits per heavy atom. The lowest BCUT2D eigenvalue weighted by Gasteiger charge is -2.43. The molecule has 0 radical (unpaired) electrons. The molecular weight excluding hydrogens is 468 g/mol. The molecule has 1 spiro atoms. The molecule has 5 rings (SSSR count). The largest absolute Gasteiger partial charge is 0.486 e. The minimum absolute atomic E-state index is 0.0106. The summed E-state index contributed by atoms with van der Waals surface area (Å²) in [7, 11) is 2.07. The maximum atomic E-state index is 13.1. The van der Waals surface area contributed by atoms with Gasteiger partial charge in [0.15, 0.2) is 12.0 Å². The van der Waals surface area contributed by atoms with E-state index >= 15 is 0 Å². The number of amides is 1. The Labute approximate surface area is 215 Å².